The van der Waals surface area contributed by atoms with Gasteiger partial charge in [-0.2, -0.15) is 0 Å². The fraction of sp³-hybridized carbons (Fsp3) is 0. The Kier molecular flexibility index (Phi) is 3.74. The summed E-state index contributed by atoms with van der Waals surface area (Å²) in [4.78, 5) is 2.52. The van der Waals surface area contributed by atoms with Crippen molar-refractivity contribution in [2.75, 3.05) is 5.73 Å². The lowest BCUT2D eigenvalue weighted by atomic mass is 10.0. The minimum Gasteiger partial charge on any atom is -0.391 e. The highest BCUT2D eigenvalue weighted by Gasteiger charge is 2.04. The second kappa shape index (κ2) is 6.03. The molecular formula is C20H15NS2. The monoisotopic (exact) mass is 333 g/mol. The molecule has 1 nitrogen and oxygen atoms in total. The smallest absolute Gasteiger partial charge is 0.0862 e. The maximum Gasteiger partial charge on any atom is 0.0862 e. The molecule has 0 spiro atoms. The Morgan fingerprint density at radius 3 is 1.61 bits per heavy atom. The quantitative estimate of drug-likeness (QED) is 0.461. The molecule has 3 heteroatoms. The van der Waals surface area contributed by atoms with Gasteiger partial charge in [0.1, 0.15) is 0 Å². The van der Waals surface area contributed by atoms with Crippen molar-refractivity contribution in [3.05, 3.63) is 78.2 Å². The Hall–Kier alpha value is -2.36. The molecule has 2 heterocycles. The average Bonchev–Trinajstić information content (AvgIpc) is 3.27. The topological polar surface area (TPSA) is 26.0 Å². The summed E-state index contributed by atoms with van der Waals surface area (Å²) in [5.41, 5.74) is 10.8. The van der Waals surface area contributed by atoms with Crippen LogP contribution in [0.4, 0.5) is 5.00 Å². The third kappa shape index (κ3) is 2.93. The van der Waals surface area contributed by atoms with Gasteiger partial charge in [0.05, 0.1) is 5.00 Å². The van der Waals surface area contributed by atoms with E-state index in [0.29, 0.717) is 0 Å². The number of hydrogen-bond donors (Lipinski definition) is 1. The highest BCUT2D eigenvalue weighted by atomic mass is 32.1. The normalized spacial score (nSPS) is 10.8. The van der Waals surface area contributed by atoms with Crippen LogP contribution in [0, 0.1) is 0 Å². The first kappa shape index (κ1) is 14.2. The van der Waals surface area contributed by atoms with E-state index < -0.39 is 0 Å². The molecule has 0 amide bonds. The highest BCUT2D eigenvalue weighted by molar-refractivity contribution is 7.19. The summed E-state index contributed by atoms with van der Waals surface area (Å²) in [5.74, 6) is 0. The Labute approximate surface area is 143 Å². The standard InChI is InChI=1S/C20H15NS2/c21-20-12-11-19(23-20)17-9-5-15(6-10-17)14-3-7-16(8-4-14)18-2-1-13-22-18/h1-13H,21H2. The van der Waals surface area contributed by atoms with E-state index in [9.17, 15) is 0 Å². The maximum atomic E-state index is 5.81. The molecule has 0 fully saturated rings. The predicted octanol–water partition coefficient (Wildman–Crippen LogP) is 6.39. The van der Waals surface area contributed by atoms with Crippen LogP contribution in [0.5, 0.6) is 0 Å². The van der Waals surface area contributed by atoms with Gasteiger partial charge in [0, 0.05) is 9.75 Å². The van der Waals surface area contributed by atoms with Crippen molar-refractivity contribution in [1.29, 1.82) is 0 Å². The molecule has 0 saturated carbocycles. The first-order valence-electron chi connectivity index (χ1n) is 7.40. The van der Waals surface area contributed by atoms with Crippen LogP contribution in [0.2, 0.25) is 0 Å². The Balaban J connectivity index is 1.60. The second-order valence-electron chi connectivity index (χ2n) is 5.33. The first-order valence-corrected chi connectivity index (χ1v) is 9.09. The van der Waals surface area contributed by atoms with Crippen molar-refractivity contribution < 1.29 is 0 Å². The summed E-state index contributed by atoms with van der Waals surface area (Å²) >= 11 is 3.39. The SMILES string of the molecule is Nc1ccc(-c2ccc(-c3ccc(-c4cccs4)cc3)cc2)s1. The number of nitrogens with two attached hydrogens (primary N) is 1. The van der Waals surface area contributed by atoms with E-state index >= 15 is 0 Å². The summed E-state index contributed by atoms with van der Waals surface area (Å²) in [6, 6.07) is 25.7. The van der Waals surface area contributed by atoms with Crippen molar-refractivity contribution in [2.45, 2.75) is 0 Å². The third-order valence-corrected chi connectivity index (χ3v) is 5.70. The molecule has 0 radical (unpaired) electrons. The van der Waals surface area contributed by atoms with Gasteiger partial charge in [-0.3, -0.25) is 0 Å². The zero-order valence-electron chi connectivity index (χ0n) is 12.4. The number of hydrogen-bond acceptors (Lipinski definition) is 3. The van der Waals surface area contributed by atoms with Gasteiger partial charge in [-0.25, -0.2) is 0 Å². The lowest BCUT2D eigenvalue weighted by Gasteiger charge is -2.05. The fourth-order valence-electron chi connectivity index (χ4n) is 2.60. The van der Waals surface area contributed by atoms with Gasteiger partial charge < -0.3 is 5.73 Å². The van der Waals surface area contributed by atoms with Gasteiger partial charge in [-0.15, -0.1) is 22.7 Å². The summed E-state index contributed by atoms with van der Waals surface area (Å²) in [5, 5.41) is 2.97. The molecule has 2 N–H and O–H groups in total. The van der Waals surface area contributed by atoms with Gasteiger partial charge >= 0.3 is 0 Å². The molecule has 2 aromatic carbocycles. The number of anilines is 1. The van der Waals surface area contributed by atoms with Crippen LogP contribution < -0.4 is 5.73 Å². The van der Waals surface area contributed by atoms with Crippen molar-refractivity contribution >= 4 is 27.7 Å². The number of rotatable bonds is 3. The van der Waals surface area contributed by atoms with Gasteiger partial charge in [0.15, 0.2) is 0 Å². The van der Waals surface area contributed by atoms with E-state index in [-0.39, 0.29) is 0 Å². The Morgan fingerprint density at radius 2 is 1.13 bits per heavy atom. The molecule has 0 aliphatic heterocycles. The minimum absolute atomic E-state index is 0.855. The largest absolute Gasteiger partial charge is 0.391 e. The van der Waals surface area contributed by atoms with Gasteiger partial charge in [-0.1, -0.05) is 54.6 Å². The average molecular weight is 333 g/mol. The summed E-state index contributed by atoms with van der Waals surface area (Å²) in [6.45, 7) is 0. The van der Waals surface area contributed by atoms with E-state index in [1.807, 2.05) is 6.07 Å². The molecule has 0 aliphatic rings. The molecule has 0 saturated heterocycles. The molecule has 23 heavy (non-hydrogen) atoms. The summed E-state index contributed by atoms with van der Waals surface area (Å²) < 4.78 is 0. The molecule has 2 aromatic heterocycles. The second-order valence-corrected chi connectivity index (χ2v) is 7.40. The number of thiophene rings is 2. The molecule has 4 rings (SSSR count). The predicted molar refractivity (Wildman–Crippen MR) is 103 cm³/mol. The molecule has 4 aromatic rings. The Morgan fingerprint density at radius 1 is 0.565 bits per heavy atom. The lowest BCUT2D eigenvalue weighted by molar-refractivity contribution is 1.61. The molecule has 0 aliphatic carbocycles. The summed E-state index contributed by atoms with van der Waals surface area (Å²) in [7, 11) is 0. The van der Waals surface area contributed by atoms with E-state index in [2.05, 4.69) is 72.1 Å². The van der Waals surface area contributed by atoms with Crippen LogP contribution in [0.3, 0.4) is 0 Å². The number of benzene rings is 2. The van der Waals surface area contributed by atoms with E-state index in [1.54, 1.807) is 22.7 Å². The van der Waals surface area contributed by atoms with Crippen LogP contribution in [0.1, 0.15) is 0 Å². The third-order valence-electron chi connectivity index (χ3n) is 3.82. The van der Waals surface area contributed by atoms with Crippen LogP contribution in [0.15, 0.2) is 78.2 Å². The van der Waals surface area contributed by atoms with E-state index in [0.717, 1.165) is 5.00 Å². The highest BCUT2D eigenvalue weighted by Crippen LogP contribution is 2.32. The van der Waals surface area contributed by atoms with Gasteiger partial charge in [0.25, 0.3) is 0 Å². The molecule has 0 bridgehead atoms. The Bertz CT molecular complexity index is 901. The number of nitrogen functional groups attached to an aromatic ring is 1. The fourth-order valence-corrected chi connectivity index (χ4v) is 4.12. The van der Waals surface area contributed by atoms with Gasteiger partial charge in [0.2, 0.25) is 0 Å². The zero-order valence-corrected chi connectivity index (χ0v) is 14.0. The zero-order chi connectivity index (χ0) is 15.6. The van der Waals surface area contributed by atoms with E-state index in [1.165, 1.54) is 32.0 Å². The molecule has 0 atom stereocenters. The van der Waals surface area contributed by atoms with Crippen molar-refractivity contribution in [1.82, 2.24) is 0 Å². The maximum absolute atomic E-state index is 5.81. The van der Waals surface area contributed by atoms with Crippen molar-refractivity contribution in [3.8, 4) is 32.0 Å². The summed E-state index contributed by atoms with van der Waals surface area (Å²) in [6.07, 6.45) is 0. The molecular weight excluding hydrogens is 318 g/mol. The minimum atomic E-state index is 0.855. The first-order chi connectivity index (χ1) is 11.3. The van der Waals surface area contributed by atoms with Crippen molar-refractivity contribution in [2.24, 2.45) is 0 Å². The van der Waals surface area contributed by atoms with Crippen LogP contribution in [0.25, 0.3) is 32.0 Å². The molecule has 112 valence electrons. The van der Waals surface area contributed by atoms with Gasteiger partial charge in [-0.05, 0) is 45.8 Å². The van der Waals surface area contributed by atoms with Crippen molar-refractivity contribution in [3.63, 3.8) is 0 Å². The molecule has 0 unspecified atom stereocenters. The van der Waals surface area contributed by atoms with E-state index in [4.69, 9.17) is 5.73 Å². The van der Waals surface area contributed by atoms with Crippen LogP contribution >= 0.6 is 22.7 Å². The lowest BCUT2D eigenvalue weighted by Crippen LogP contribution is -1.79. The van der Waals surface area contributed by atoms with Crippen LogP contribution in [-0.4, -0.2) is 0 Å². The van der Waals surface area contributed by atoms with Crippen LogP contribution in [-0.2, 0) is 0 Å².